The van der Waals surface area contributed by atoms with Crippen molar-refractivity contribution in [1.29, 1.82) is 5.26 Å². The quantitative estimate of drug-likeness (QED) is 0.550. The predicted molar refractivity (Wildman–Crippen MR) is 46.2 cm³/mol. The van der Waals surface area contributed by atoms with Crippen LogP contribution in [0.15, 0.2) is 18.3 Å². The smallest absolute Gasteiger partial charge is 0.141 e. The zero-order valence-corrected chi connectivity index (χ0v) is 6.20. The van der Waals surface area contributed by atoms with Gasteiger partial charge in [0.05, 0.1) is 5.56 Å². The van der Waals surface area contributed by atoms with Crippen LogP contribution in [0.25, 0.3) is 11.0 Å². The van der Waals surface area contributed by atoms with E-state index in [9.17, 15) is 0 Å². The maximum atomic E-state index is 8.66. The number of fused-ring (bicyclic) bond motifs is 1. The first-order chi connectivity index (χ1) is 5.81. The molecule has 3 nitrogen and oxygen atoms in total. The summed E-state index contributed by atoms with van der Waals surface area (Å²) in [7, 11) is 5.46. The minimum Gasteiger partial charge on any atom is -0.345 e. The number of hydrogen-bond donors (Lipinski definition) is 1. The lowest BCUT2D eigenvalue weighted by molar-refractivity contribution is 1.36. The molecule has 0 spiro atoms. The van der Waals surface area contributed by atoms with E-state index in [2.05, 4.69) is 16.0 Å². The van der Waals surface area contributed by atoms with Gasteiger partial charge in [0, 0.05) is 11.6 Å². The fourth-order valence-electron chi connectivity index (χ4n) is 1.11. The second-order valence-corrected chi connectivity index (χ2v) is 2.45. The summed E-state index contributed by atoms with van der Waals surface area (Å²) in [4.78, 5) is 6.88. The van der Waals surface area contributed by atoms with E-state index in [1.807, 2.05) is 0 Å². The van der Waals surface area contributed by atoms with E-state index in [1.54, 1.807) is 18.3 Å². The van der Waals surface area contributed by atoms with Crippen LogP contribution in [-0.2, 0) is 0 Å². The molecule has 0 saturated heterocycles. The first-order valence-electron chi connectivity index (χ1n) is 3.45. The van der Waals surface area contributed by atoms with E-state index in [1.165, 1.54) is 0 Å². The third-order valence-electron chi connectivity index (χ3n) is 1.68. The average molecular weight is 153 g/mol. The molecule has 0 aromatic carbocycles. The summed E-state index contributed by atoms with van der Waals surface area (Å²) in [6, 6.07) is 5.52. The van der Waals surface area contributed by atoms with Gasteiger partial charge < -0.3 is 4.98 Å². The average Bonchev–Trinajstić information content (AvgIpc) is 2.46. The highest BCUT2D eigenvalue weighted by atomic mass is 14.8. The largest absolute Gasteiger partial charge is 0.345 e. The molecule has 0 saturated carbocycles. The molecule has 0 unspecified atom stereocenters. The Hall–Kier alpha value is -1.76. The number of rotatable bonds is 0. The van der Waals surface area contributed by atoms with Gasteiger partial charge >= 0.3 is 0 Å². The van der Waals surface area contributed by atoms with Crippen LogP contribution in [0.1, 0.15) is 5.56 Å². The molecule has 54 valence electrons. The number of aromatic nitrogens is 2. The zero-order valence-electron chi connectivity index (χ0n) is 6.20. The molecule has 0 atom stereocenters. The number of pyridine rings is 1. The molecule has 2 rings (SSSR count). The predicted octanol–water partition coefficient (Wildman–Crippen LogP) is 0.228. The molecule has 0 aliphatic carbocycles. The van der Waals surface area contributed by atoms with Crippen LogP contribution in [0.5, 0.6) is 0 Å². The van der Waals surface area contributed by atoms with Crippen molar-refractivity contribution in [2.24, 2.45) is 0 Å². The lowest BCUT2D eigenvalue weighted by Crippen LogP contribution is -2.06. The molecule has 0 aliphatic rings. The minimum absolute atomic E-state index is 0.453. The Kier molecular flexibility index (Phi) is 1.37. The lowest BCUT2D eigenvalue weighted by atomic mass is 10.0. The third-order valence-corrected chi connectivity index (χ3v) is 1.68. The Labute approximate surface area is 70.5 Å². The Morgan fingerprint density at radius 3 is 3.08 bits per heavy atom. The number of nitrogens with zero attached hydrogens (tertiary/aromatic N) is 2. The Balaban J connectivity index is 2.84. The topological polar surface area (TPSA) is 52.5 Å². The van der Waals surface area contributed by atoms with E-state index < -0.39 is 0 Å². The lowest BCUT2D eigenvalue weighted by Gasteiger charge is -1.91. The highest BCUT2D eigenvalue weighted by molar-refractivity contribution is 6.31. The monoisotopic (exact) mass is 153 g/mol. The number of aromatic amines is 1. The van der Waals surface area contributed by atoms with Crippen LogP contribution in [0.2, 0.25) is 0 Å². The van der Waals surface area contributed by atoms with E-state index in [4.69, 9.17) is 13.1 Å². The minimum atomic E-state index is 0.453. The Morgan fingerprint density at radius 2 is 2.33 bits per heavy atom. The second-order valence-electron chi connectivity index (χ2n) is 2.45. The number of nitrogens with one attached hydrogen (secondary N) is 1. The van der Waals surface area contributed by atoms with Crippen molar-refractivity contribution in [1.82, 2.24) is 9.97 Å². The van der Waals surface area contributed by atoms with E-state index >= 15 is 0 Å². The zero-order chi connectivity index (χ0) is 8.55. The van der Waals surface area contributed by atoms with Gasteiger partial charge in [-0.05, 0) is 11.7 Å². The van der Waals surface area contributed by atoms with Gasteiger partial charge in [-0.25, -0.2) is 4.98 Å². The van der Waals surface area contributed by atoms with Gasteiger partial charge in [0.15, 0.2) is 0 Å². The van der Waals surface area contributed by atoms with Crippen molar-refractivity contribution in [3.05, 3.63) is 23.9 Å². The molecule has 0 fully saturated rings. The first-order valence-corrected chi connectivity index (χ1v) is 3.45. The first kappa shape index (κ1) is 6.92. The normalized spacial score (nSPS) is 9.92. The van der Waals surface area contributed by atoms with Gasteiger partial charge in [0.25, 0.3) is 0 Å². The summed E-state index contributed by atoms with van der Waals surface area (Å²) in [5.41, 5.74) is 1.71. The van der Waals surface area contributed by atoms with E-state index in [-0.39, 0.29) is 0 Å². The Bertz CT molecular complexity index is 467. The number of nitriles is 1. The summed E-state index contributed by atoms with van der Waals surface area (Å²) in [5, 5.41) is 9.48. The van der Waals surface area contributed by atoms with Gasteiger partial charge in [-0.3, -0.25) is 0 Å². The summed E-state index contributed by atoms with van der Waals surface area (Å²) >= 11 is 0. The third kappa shape index (κ3) is 0.875. The van der Waals surface area contributed by atoms with Gasteiger partial charge in [0.1, 0.15) is 19.6 Å². The standard InChI is InChI=1S/C8H4BN3/c9-7-2-1-6-5(3-10)4-11-8(6)12-7/h1-2,4H,(H,11,12). The van der Waals surface area contributed by atoms with Gasteiger partial charge in [0.2, 0.25) is 0 Å². The Morgan fingerprint density at radius 1 is 1.50 bits per heavy atom. The van der Waals surface area contributed by atoms with Crippen molar-refractivity contribution < 1.29 is 0 Å². The van der Waals surface area contributed by atoms with Gasteiger partial charge in [-0.2, -0.15) is 5.26 Å². The van der Waals surface area contributed by atoms with Crippen molar-refractivity contribution >= 4 is 24.5 Å². The molecule has 4 heteroatoms. The SMILES string of the molecule is [B]c1ccc2c(C#N)c[nH]c2n1. The molecule has 2 radical (unpaired) electrons. The number of H-pyrrole nitrogens is 1. The molecule has 2 heterocycles. The molecule has 1 N–H and O–H groups in total. The molecule has 0 aliphatic heterocycles. The fourth-order valence-corrected chi connectivity index (χ4v) is 1.11. The fraction of sp³-hybridized carbons (Fsp3) is 0. The highest BCUT2D eigenvalue weighted by Crippen LogP contribution is 2.12. The van der Waals surface area contributed by atoms with Crippen LogP contribution in [0.3, 0.4) is 0 Å². The summed E-state index contributed by atoms with van der Waals surface area (Å²) in [6.45, 7) is 0. The van der Waals surface area contributed by atoms with Crippen LogP contribution in [0, 0.1) is 11.3 Å². The maximum Gasteiger partial charge on any atom is 0.141 e. The molecular formula is C8H4BN3. The van der Waals surface area contributed by atoms with Crippen molar-refractivity contribution in [3.63, 3.8) is 0 Å². The molecular weight excluding hydrogens is 149 g/mol. The van der Waals surface area contributed by atoms with E-state index in [0.717, 1.165) is 5.39 Å². The molecule has 0 amide bonds. The van der Waals surface area contributed by atoms with Crippen LogP contribution in [-0.4, -0.2) is 17.8 Å². The van der Waals surface area contributed by atoms with Crippen molar-refractivity contribution in [3.8, 4) is 6.07 Å². The summed E-state index contributed by atoms with van der Waals surface area (Å²) in [5.74, 6) is 0. The van der Waals surface area contributed by atoms with Crippen molar-refractivity contribution in [2.75, 3.05) is 0 Å². The van der Waals surface area contributed by atoms with Crippen molar-refractivity contribution in [2.45, 2.75) is 0 Å². The molecule has 2 aromatic rings. The molecule has 2 aromatic heterocycles. The van der Waals surface area contributed by atoms with Crippen LogP contribution >= 0.6 is 0 Å². The van der Waals surface area contributed by atoms with Crippen LogP contribution < -0.4 is 5.59 Å². The molecule has 12 heavy (non-hydrogen) atoms. The summed E-state index contributed by atoms with van der Waals surface area (Å²) < 4.78 is 0. The maximum absolute atomic E-state index is 8.66. The van der Waals surface area contributed by atoms with Crippen LogP contribution in [0.4, 0.5) is 0 Å². The second kappa shape index (κ2) is 2.38. The number of hydrogen-bond acceptors (Lipinski definition) is 2. The summed E-state index contributed by atoms with van der Waals surface area (Å²) in [6.07, 6.45) is 1.62. The molecule has 0 bridgehead atoms. The van der Waals surface area contributed by atoms with Gasteiger partial charge in [-0.1, -0.05) is 6.07 Å². The highest BCUT2D eigenvalue weighted by Gasteiger charge is 2.02. The van der Waals surface area contributed by atoms with E-state index in [0.29, 0.717) is 16.8 Å². The van der Waals surface area contributed by atoms with Gasteiger partial charge in [-0.15, -0.1) is 0 Å².